The summed E-state index contributed by atoms with van der Waals surface area (Å²) in [7, 11) is 0. The molecular formula is C10H17N3O. The first kappa shape index (κ1) is 10.8. The first-order valence-electron chi connectivity index (χ1n) is 5.01. The third-order valence-electron chi connectivity index (χ3n) is 2.35. The van der Waals surface area contributed by atoms with Crippen molar-refractivity contribution in [3.63, 3.8) is 0 Å². The lowest BCUT2D eigenvalue weighted by atomic mass is 9.91. The van der Waals surface area contributed by atoms with Gasteiger partial charge in [0.15, 0.2) is 0 Å². The minimum atomic E-state index is -0.609. The Labute approximate surface area is 84.2 Å². The van der Waals surface area contributed by atoms with Gasteiger partial charge in [0.2, 0.25) is 0 Å². The lowest BCUT2D eigenvalue weighted by Gasteiger charge is -2.15. The number of hydrogen-bond acceptors (Lipinski definition) is 2. The minimum absolute atomic E-state index is 0.609. The maximum Gasteiger partial charge on any atom is 0.332 e. The van der Waals surface area contributed by atoms with Crippen LogP contribution in [0.1, 0.15) is 32.1 Å². The van der Waals surface area contributed by atoms with Crippen molar-refractivity contribution in [2.24, 2.45) is 16.8 Å². The average Bonchev–Trinajstić information content (AvgIpc) is 2.18. The van der Waals surface area contributed by atoms with E-state index < -0.39 is 6.03 Å². The first-order valence-corrected chi connectivity index (χ1v) is 5.01. The molecule has 1 unspecified atom stereocenters. The summed E-state index contributed by atoms with van der Waals surface area (Å²) < 4.78 is 0. The average molecular weight is 195 g/mol. The summed E-state index contributed by atoms with van der Waals surface area (Å²) in [6.45, 7) is 0. The number of hydrazone groups is 1. The van der Waals surface area contributed by atoms with Gasteiger partial charge in [0.1, 0.15) is 0 Å². The zero-order valence-corrected chi connectivity index (χ0v) is 8.28. The van der Waals surface area contributed by atoms with Crippen LogP contribution in [0.5, 0.6) is 0 Å². The highest BCUT2D eigenvalue weighted by Crippen LogP contribution is 2.21. The Morgan fingerprint density at radius 3 is 3.14 bits per heavy atom. The molecule has 0 aromatic heterocycles. The topological polar surface area (TPSA) is 67.5 Å². The molecule has 0 aliphatic heterocycles. The summed E-state index contributed by atoms with van der Waals surface area (Å²) in [5.74, 6) is 0.778. The van der Waals surface area contributed by atoms with Crippen LogP contribution in [0.25, 0.3) is 0 Å². The van der Waals surface area contributed by atoms with Crippen molar-refractivity contribution in [1.82, 2.24) is 5.43 Å². The Balaban J connectivity index is 2.05. The summed E-state index contributed by atoms with van der Waals surface area (Å²) in [4.78, 5) is 10.3. The summed E-state index contributed by atoms with van der Waals surface area (Å²) in [6.07, 6.45) is 11.9. The second-order valence-corrected chi connectivity index (χ2v) is 3.52. The van der Waals surface area contributed by atoms with Crippen molar-refractivity contribution in [3.8, 4) is 0 Å². The molecule has 1 aliphatic carbocycles. The van der Waals surface area contributed by atoms with Crippen LogP contribution in [-0.4, -0.2) is 12.2 Å². The van der Waals surface area contributed by atoms with Crippen LogP contribution in [0.15, 0.2) is 17.3 Å². The van der Waals surface area contributed by atoms with Crippen molar-refractivity contribution in [2.45, 2.75) is 32.1 Å². The molecule has 0 spiro atoms. The number of primary amides is 1. The molecular weight excluding hydrogens is 178 g/mol. The zero-order chi connectivity index (χ0) is 10.2. The van der Waals surface area contributed by atoms with Crippen molar-refractivity contribution >= 4 is 12.2 Å². The van der Waals surface area contributed by atoms with Gasteiger partial charge in [0.25, 0.3) is 0 Å². The smallest absolute Gasteiger partial charge is 0.332 e. The van der Waals surface area contributed by atoms with Crippen LogP contribution in [0, 0.1) is 5.92 Å². The molecule has 0 heterocycles. The number of carbonyl (C=O) groups excluding carboxylic acids is 1. The largest absolute Gasteiger partial charge is 0.350 e. The van der Waals surface area contributed by atoms with E-state index in [2.05, 4.69) is 22.7 Å². The molecule has 1 atom stereocenters. The van der Waals surface area contributed by atoms with Gasteiger partial charge in [-0.25, -0.2) is 10.2 Å². The number of nitrogens with zero attached hydrogens (tertiary/aromatic N) is 1. The fourth-order valence-corrected chi connectivity index (χ4v) is 1.60. The molecule has 4 heteroatoms. The van der Waals surface area contributed by atoms with Gasteiger partial charge in [0.05, 0.1) is 0 Å². The van der Waals surface area contributed by atoms with Gasteiger partial charge >= 0.3 is 6.03 Å². The minimum Gasteiger partial charge on any atom is -0.350 e. The molecule has 14 heavy (non-hydrogen) atoms. The SMILES string of the molecule is NC(=O)N/N=C\CCC1CC=CCC1. The van der Waals surface area contributed by atoms with Crippen LogP contribution in [0.4, 0.5) is 4.79 Å². The number of allylic oxidation sites excluding steroid dienone is 2. The van der Waals surface area contributed by atoms with Gasteiger partial charge in [-0.2, -0.15) is 5.10 Å². The lowest BCUT2D eigenvalue weighted by Crippen LogP contribution is -2.24. The van der Waals surface area contributed by atoms with Gasteiger partial charge in [-0.3, -0.25) is 0 Å². The molecule has 0 saturated heterocycles. The molecule has 4 nitrogen and oxygen atoms in total. The summed E-state index contributed by atoms with van der Waals surface area (Å²) in [5, 5.41) is 3.69. The predicted octanol–water partition coefficient (Wildman–Crippen LogP) is 1.78. The Morgan fingerprint density at radius 1 is 1.64 bits per heavy atom. The molecule has 0 aromatic carbocycles. The number of carbonyl (C=O) groups is 1. The number of nitrogens with two attached hydrogens (primary N) is 1. The quantitative estimate of drug-likeness (QED) is 0.401. The molecule has 0 fully saturated rings. The van der Waals surface area contributed by atoms with Crippen LogP contribution in [0.2, 0.25) is 0 Å². The van der Waals surface area contributed by atoms with Gasteiger partial charge in [-0.15, -0.1) is 0 Å². The van der Waals surface area contributed by atoms with Gasteiger partial charge in [0, 0.05) is 6.21 Å². The molecule has 78 valence electrons. The Bertz CT molecular complexity index is 236. The highest BCUT2D eigenvalue weighted by molar-refractivity contribution is 5.72. The first-order chi connectivity index (χ1) is 6.79. The highest BCUT2D eigenvalue weighted by atomic mass is 16.2. The third kappa shape index (κ3) is 4.64. The van der Waals surface area contributed by atoms with Crippen molar-refractivity contribution in [2.75, 3.05) is 0 Å². The van der Waals surface area contributed by atoms with E-state index in [4.69, 9.17) is 5.73 Å². The molecule has 0 bridgehead atoms. The second kappa shape index (κ2) is 6.18. The fraction of sp³-hybridized carbons (Fsp3) is 0.600. The molecule has 3 N–H and O–H groups in total. The van der Waals surface area contributed by atoms with Crippen molar-refractivity contribution < 1.29 is 4.79 Å². The van der Waals surface area contributed by atoms with E-state index >= 15 is 0 Å². The van der Waals surface area contributed by atoms with Crippen LogP contribution in [0.3, 0.4) is 0 Å². The molecule has 2 amide bonds. The van der Waals surface area contributed by atoms with Crippen LogP contribution in [-0.2, 0) is 0 Å². The Kier molecular flexibility index (Phi) is 4.75. The Morgan fingerprint density at radius 2 is 2.50 bits per heavy atom. The number of nitrogens with one attached hydrogen (secondary N) is 1. The van der Waals surface area contributed by atoms with E-state index in [1.54, 1.807) is 6.21 Å². The summed E-state index contributed by atoms with van der Waals surface area (Å²) >= 11 is 0. The van der Waals surface area contributed by atoms with E-state index in [9.17, 15) is 4.79 Å². The van der Waals surface area contributed by atoms with E-state index in [1.165, 1.54) is 19.3 Å². The Hall–Kier alpha value is -1.32. The van der Waals surface area contributed by atoms with Crippen LogP contribution >= 0.6 is 0 Å². The predicted molar refractivity (Wildman–Crippen MR) is 56.9 cm³/mol. The van der Waals surface area contributed by atoms with Crippen molar-refractivity contribution in [3.05, 3.63) is 12.2 Å². The lowest BCUT2D eigenvalue weighted by molar-refractivity contribution is 0.249. The van der Waals surface area contributed by atoms with E-state index in [0.717, 1.165) is 18.8 Å². The normalized spacial score (nSPS) is 21.3. The number of amides is 2. The van der Waals surface area contributed by atoms with Crippen molar-refractivity contribution in [1.29, 1.82) is 0 Å². The number of hydrogen-bond donors (Lipinski definition) is 2. The molecule has 1 aliphatic rings. The van der Waals surface area contributed by atoms with Crippen LogP contribution < -0.4 is 11.2 Å². The maximum absolute atomic E-state index is 10.3. The van der Waals surface area contributed by atoms with E-state index in [1.807, 2.05) is 0 Å². The standard InChI is InChI=1S/C10H17N3O/c11-10(14)13-12-8-4-7-9-5-2-1-3-6-9/h1-2,8-9H,3-7H2,(H3,11,13,14)/b12-8-. The van der Waals surface area contributed by atoms with Gasteiger partial charge < -0.3 is 5.73 Å². The van der Waals surface area contributed by atoms with Gasteiger partial charge in [-0.1, -0.05) is 12.2 Å². The number of rotatable bonds is 4. The fourth-order valence-electron chi connectivity index (χ4n) is 1.60. The number of urea groups is 1. The molecule has 0 radical (unpaired) electrons. The van der Waals surface area contributed by atoms with Gasteiger partial charge in [-0.05, 0) is 38.0 Å². The second-order valence-electron chi connectivity index (χ2n) is 3.52. The molecule has 0 aromatic rings. The molecule has 0 saturated carbocycles. The van der Waals surface area contributed by atoms with E-state index in [-0.39, 0.29) is 0 Å². The summed E-state index contributed by atoms with van der Waals surface area (Å²) in [5.41, 5.74) is 7.02. The highest BCUT2D eigenvalue weighted by Gasteiger charge is 2.07. The zero-order valence-electron chi connectivity index (χ0n) is 8.28. The summed E-state index contributed by atoms with van der Waals surface area (Å²) in [6, 6.07) is -0.609. The van der Waals surface area contributed by atoms with E-state index in [0.29, 0.717) is 0 Å². The monoisotopic (exact) mass is 195 g/mol. The molecule has 1 rings (SSSR count). The third-order valence-corrected chi connectivity index (χ3v) is 2.35. The maximum atomic E-state index is 10.3.